The van der Waals surface area contributed by atoms with Crippen molar-refractivity contribution in [3.05, 3.63) is 6.08 Å². The number of hydrogen-bond acceptors (Lipinski definition) is 1. The Morgan fingerprint density at radius 3 is 2.83 bits per heavy atom. The maximum absolute atomic E-state index is 4.87. The van der Waals surface area contributed by atoms with E-state index in [4.69, 9.17) is 7.49 Å². The molecule has 0 rings (SSSR count). The molecule has 2 heteroatoms. The van der Waals surface area contributed by atoms with Crippen molar-refractivity contribution in [2.45, 2.75) is 0 Å². The van der Waals surface area contributed by atoms with Crippen LogP contribution >= 0.6 is 0 Å². The van der Waals surface area contributed by atoms with Gasteiger partial charge in [-0.25, -0.2) is 0 Å². The topological polar surface area (TPSA) is 12.0 Å². The normalized spacial score (nSPS) is 6.67. The molecule has 0 aliphatic carbocycles. The van der Waals surface area contributed by atoms with Gasteiger partial charge in [0.1, 0.15) is 0 Å². The van der Waals surface area contributed by atoms with Gasteiger partial charge in [0.25, 0.3) is 0 Å². The third-order valence-electron chi connectivity index (χ3n) is 0.424. The van der Waals surface area contributed by atoms with Crippen molar-refractivity contribution in [3.8, 4) is 0 Å². The second kappa shape index (κ2) is 4.67. The maximum atomic E-state index is 4.87. The van der Waals surface area contributed by atoms with Crippen LogP contribution in [-0.2, 0) is 0 Å². The van der Waals surface area contributed by atoms with Crippen LogP contribution in [0.5, 0.6) is 0 Å². The van der Waals surface area contributed by atoms with Crippen LogP contribution in [0.1, 0.15) is 0 Å². The Balaban J connectivity index is 2.86. The molecule has 6 heavy (non-hydrogen) atoms. The monoisotopic (exact) mass is 80.1 g/mol. The molecule has 0 heterocycles. The molecule has 1 N–H and O–H groups in total. The van der Waals surface area contributed by atoms with E-state index in [-0.39, 0.29) is 0 Å². The Hall–Kier alpha value is -0.325. The number of nitrogens with one attached hydrogen (secondary N) is 1. The van der Waals surface area contributed by atoms with Crippen LogP contribution in [0.4, 0.5) is 0 Å². The van der Waals surface area contributed by atoms with Gasteiger partial charge < -0.3 is 0 Å². The molecule has 0 unspecified atom stereocenters. The van der Waals surface area contributed by atoms with Crippen molar-refractivity contribution in [1.29, 1.82) is 0 Å². The van der Waals surface area contributed by atoms with E-state index < -0.39 is 0 Å². The Kier molecular flexibility index (Phi) is 4.42. The molecule has 0 aromatic carbocycles. The van der Waals surface area contributed by atoms with E-state index >= 15 is 0 Å². The fourth-order valence-electron chi connectivity index (χ4n) is 0.161. The van der Waals surface area contributed by atoms with E-state index in [9.17, 15) is 0 Å². The summed E-state index contributed by atoms with van der Waals surface area (Å²) < 4.78 is 0. The average Bonchev–Trinajstić information content (AvgIpc) is 1.61. The fourth-order valence-corrected chi connectivity index (χ4v) is 0.161. The molecule has 0 aromatic heterocycles. The molecule has 1 radical (unpaired) electrons. The van der Waals surface area contributed by atoms with Crippen molar-refractivity contribution in [3.63, 3.8) is 0 Å². The molecular formula is C4H7BN. The van der Waals surface area contributed by atoms with E-state index in [0.29, 0.717) is 0 Å². The number of rotatable bonds is 2. The average molecular weight is 79.9 g/mol. The first kappa shape index (κ1) is 5.67. The number of hydrogen-bond donors (Lipinski definition) is 1. The first-order chi connectivity index (χ1) is 2.91. The van der Waals surface area contributed by atoms with Crippen LogP contribution in [0.25, 0.3) is 0 Å². The van der Waals surface area contributed by atoms with Crippen molar-refractivity contribution >= 4 is 13.1 Å². The van der Waals surface area contributed by atoms with Crippen LogP contribution in [0.3, 0.4) is 0 Å². The van der Waals surface area contributed by atoms with Gasteiger partial charge in [0, 0.05) is 0 Å². The van der Waals surface area contributed by atoms with Gasteiger partial charge in [-0.3, -0.25) is 0 Å². The molecule has 0 saturated heterocycles. The molecule has 0 saturated carbocycles. The minimum absolute atomic E-state index is 0.802. The molecule has 0 aliphatic rings. The molecule has 0 fully saturated rings. The summed E-state index contributed by atoms with van der Waals surface area (Å²) in [5, 5.41) is 2.87. The van der Waals surface area contributed by atoms with Crippen LogP contribution in [0, 0.1) is 0 Å². The molecule has 0 bridgehead atoms. The summed E-state index contributed by atoms with van der Waals surface area (Å²) in [5.74, 6) is 0. The van der Waals surface area contributed by atoms with Gasteiger partial charge >= 0.3 is 38.1 Å². The molecular weight excluding hydrogens is 72.9 g/mol. The zero-order valence-corrected chi connectivity index (χ0v) is 3.86. The summed E-state index contributed by atoms with van der Waals surface area (Å²) in [4.78, 5) is 0. The summed E-state index contributed by atoms with van der Waals surface area (Å²) in [6.45, 7) is 0.802. The number of likely N-dealkylation sites (N-methyl/N-ethyl adjacent to an activating group) is 1. The van der Waals surface area contributed by atoms with Gasteiger partial charge in [0.2, 0.25) is 0 Å². The van der Waals surface area contributed by atoms with Crippen molar-refractivity contribution < 1.29 is 0 Å². The van der Waals surface area contributed by atoms with E-state index in [1.807, 2.05) is 7.05 Å². The molecule has 0 amide bonds. The molecule has 0 spiro atoms. The van der Waals surface area contributed by atoms with E-state index in [1.54, 1.807) is 6.08 Å². The van der Waals surface area contributed by atoms with Crippen LogP contribution in [0.15, 0.2) is 6.08 Å². The molecule has 1 nitrogen and oxygen atoms in total. The van der Waals surface area contributed by atoms with E-state index in [2.05, 4.69) is 10.9 Å². The Bertz CT molecular complexity index is 63.9. The predicted octanol–water partition coefficient (Wildman–Crippen LogP) is -0.668. The van der Waals surface area contributed by atoms with Crippen LogP contribution < -0.4 is 5.32 Å². The van der Waals surface area contributed by atoms with E-state index in [1.165, 1.54) is 0 Å². The third kappa shape index (κ3) is 3.67. The zero-order chi connectivity index (χ0) is 4.83. The SMILES string of the molecule is [B]=C=CCNC. The van der Waals surface area contributed by atoms with Crippen molar-refractivity contribution in [2.75, 3.05) is 13.6 Å². The van der Waals surface area contributed by atoms with Gasteiger partial charge in [0.05, 0.1) is 0 Å². The first-order valence-corrected chi connectivity index (χ1v) is 1.84. The minimum atomic E-state index is 0.802. The second-order valence-corrected chi connectivity index (χ2v) is 0.928. The van der Waals surface area contributed by atoms with Crippen LogP contribution in [0.2, 0.25) is 0 Å². The van der Waals surface area contributed by atoms with Gasteiger partial charge in [-0.1, -0.05) is 0 Å². The first-order valence-electron chi connectivity index (χ1n) is 1.84. The van der Waals surface area contributed by atoms with Gasteiger partial charge in [-0.15, -0.1) is 0 Å². The fraction of sp³-hybridized carbons (Fsp3) is 0.500. The molecule has 0 atom stereocenters. The summed E-state index contributed by atoms with van der Waals surface area (Å²) in [6.07, 6.45) is 1.72. The zero-order valence-electron chi connectivity index (χ0n) is 3.86. The second-order valence-electron chi connectivity index (χ2n) is 0.928. The van der Waals surface area contributed by atoms with E-state index in [0.717, 1.165) is 6.54 Å². The molecule has 31 valence electrons. The summed E-state index contributed by atoms with van der Waals surface area (Å²) >= 11 is 0. The van der Waals surface area contributed by atoms with Gasteiger partial charge in [-0.2, -0.15) is 0 Å². The third-order valence-corrected chi connectivity index (χ3v) is 0.424. The van der Waals surface area contributed by atoms with Crippen molar-refractivity contribution in [1.82, 2.24) is 5.32 Å². The quantitative estimate of drug-likeness (QED) is 0.434. The van der Waals surface area contributed by atoms with Gasteiger partial charge in [0.15, 0.2) is 0 Å². The van der Waals surface area contributed by atoms with Gasteiger partial charge in [-0.05, 0) is 0 Å². The van der Waals surface area contributed by atoms with Crippen LogP contribution in [-0.4, -0.2) is 26.7 Å². The molecule has 0 aromatic rings. The summed E-state index contributed by atoms with van der Waals surface area (Å²) in [5.41, 5.74) is 2.38. The summed E-state index contributed by atoms with van der Waals surface area (Å²) in [6, 6.07) is 0. The Morgan fingerprint density at radius 1 is 2.00 bits per heavy atom. The predicted molar refractivity (Wildman–Crippen MR) is 29.3 cm³/mol. The van der Waals surface area contributed by atoms with Crippen molar-refractivity contribution in [2.24, 2.45) is 0 Å². The Labute approximate surface area is 39.1 Å². The summed E-state index contributed by atoms with van der Waals surface area (Å²) in [7, 11) is 6.72. The standard InChI is InChI=1S/C4H7BN/c1-6-4-2-3-5/h2,6H,4H2,1H3. The molecule has 0 aliphatic heterocycles. The Morgan fingerprint density at radius 2 is 2.67 bits per heavy atom.